The van der Waals surface area contributed by atoms with Gasteiger partial charge in [0, 0.05) is 102 Å². The van der Waals surface area contributed by atoms with Crippen LogP contribution in [0.1, 0.15) is 316 Å². The Hall–Kier alpha value is -4.82. The number of aryl methyl sites for hydroxylation is 8. The zero-order valence-corrected chi connectivity index (χ0v) is 57.2. The van der Waals surface area contributed by atoms with Gasteiger partial charge >= 0.3 is 0 Å². The minimum Gasteiger partial charge on any atom is -0.445 e. The second-order valence-electron chi connectivity index (χ2n) is 32.6. The summed E-state index contributed by atoms with van der Waals surface area (Å²) in [6, 6.07) is 0. The average Bonchev–Trinajstić information content (AvgIpc) is 2.79. The molecule has 4 aliphatic carbocycles. The van der Waals surface area contributed by atoms with E-state index in [1.807, 2.05) is 0 Å². The Morgan fingerprint density at radius 2 is 0.471 bits per heavy atom. The summed E-state index contributed by atoms with van der Waals surface area (Å²) in [7, 11) is 0. The molecule has 0 atom stereocenters. The smallest absolute Gasteiger partial charge is 0.200 e. The highest BCUT2D eigenvalue weighted by atomic mass is 16.4. The fourth-order valence-electron chi connectivity index (χ4n) is 10.5. The Bertz CT molecular complexity index is 2780. The molecule has 476 valence electrons. The Morgan fingerprint density at radius 3 is 0.765 bits per heavy atom. The van der Waals surface area contributed by atoms with E-state index in [1.54, 1.807) is 0 Å². The maximum absolute atomic E-state index is 5.94. The van der Waals surface area contributed by atoms with Crippen molar-refractivity contribution in [2.45, 2.75) is 333 Å². The number of hydrogen-bond donors (Lipinski definition) is 0. The summed E-state index contributed by atoms with van der Waals surface area (Å²) in [5, 5.41) is 0. The third-order valence-electron chi connectivity index (χ3n) is 16.1. The molecule has 14 heteroatoms. The van der Waals surface area contributed by atoms with Gasteiger partial charge in [0.1, 0.15) is 34.6 Å². The number of fused-ring (bicyclic) bond motifs is 6. The fraction of sp³-hybridized carbons (Fsp3) is 0.746. The van der Waals surface area contributed by atoms with Crippen LogP contribution >= 0.6 is 0 Å². The van der Waals surface area contributed by atoms with Crippen molar-refractivity contribution in [1.29, 1.82) is 0 Å². The molecule has 0 N–H and O–H groups in total. The van der Waals surface area contributed by atoms with E-state index in [4.69, 9.17) is 26.5 Å². The number of nitrogens with zero attached hydrogens (tertiary/aromatic N) is 8. The van der Waals surface area contributed by atoms with Crippen LogP contribution in [0, 0.1) is 0 Å². The summed E-state index contributed by atoms with van der Waals surface area (Å²) in [5.41, 5.74) is 7.74. The number of oxazole rings is 6. The summed E-state index contributed by atoms with van der Waals surface area (Å²) in [5.74, 6) is 12.0. The van der Waals surface area contributed by atoms with E-state index in [0.29, 0.717) is 0 Å². The molecule has 14 nitrogen and oxygen atoms in total. The van der Waals surface area contributed by atoms with Gasteiger partial charge in [-0.25, -0.2) is 29.9 Å². The molecule has 8 heterocycles. The minimum atomic E-state index is 0. The van der Waals surface area contributed by atoms with Crippen molar-refractivity contribution in [3.05, 3.63) is 104 Å². The predicted octanol–water partition coefficient (Wildman–Crippen LogP) is 17.5. The first-order valence-corrected chi connectivity index (χ1v) is 32.1. The second-order valence-corrected chi connectivity index (χ2v) is 32.6. The van der Waals surface area contributed by atoms with Crippen molar-refractivity contribution in [1.82, 2.24) is 39.7 Å². The van der Waals surface area contributed by atoms with E-state index in [2.05, 4.69) is 206 Å². The van der Waals surface area contributed by atoms with Gasteiger partial charge in [0.2, 0.25) is 0 Å². The third-order valence-corrected chi connectivity index (χ3v) is 16.1. The molecule has 12 rings (SSSR count). The number of hydrogen-bond acceptors (Lipinski definition) is 14. The monoisotopic (exact) mass is 1180 g/mol. The lowest BCUT2D eigenvalue weighted by atomic mass is 9.97. The lowest BCUT2D eigenvalue weighted by molar-refractivity contribution is 0.107. The van der Waals surface area contributed by atoms with E-state index < -0.39 is 0 Å². The SMILES string of the molecule is C.CC(C)(C)c1nc2c(o1)CCC2.CC(C)(C)c1nc2c(o1)CCC2.CC(C)(C)c1nc2c(o1)CCCC2.CC(C)(C)c1nc2c(o1)CCCC2.CC(C)(C)c1nc2c(o1)CCN(C(C)(C)C)C2.CC(C)(C)c1nc2c(o1)CN(C(C)(C)C)CC2. The first kappa shape index (κ1) is 69.3. The molecule has 2 aliphatic heterocycles. The molecule has 0 saturated carbocycles. The van der Waals surface area contributed by atoms with Gasteiger partial charge in [0.25, 0.3) is 0 Å². The van der Waals surface area contributed by atoms with E-state index in [1.165, 1.54) is 61.3 Å². The number of rotatable bonds is 0. The topological polar surface area (TPSA) is 163 Å². The summed E-state index contributed by atoms with van der Waals surface area (Å²) < 4.78 is 34.7. The predicted molar refractivity (Wildman–Crippen MR) is 343 cm³/mol. The van der Waals surface area contributed by atoms with Crippen molar-refractivity contribution in [3.63, 3.8) is 0 Å². The van der Waals surface area contributed by atoms with E-state index in [9.17, 15) is 0 Å². The molecule has 6 aromatic heterocycles. The van der Waals surface area contributed by atoms with Crippen molar-refractivity contribution < 1.29 is 26.5 Å². The van der Waals surface area contributed by atoms with Gasteiger partial charge in [-0.3, -0.25) is 9.80 Å². The van der Waals surface area contributed by atoms with Crippen LogP contribution < -0.4 is 0 Å². The molecule has 6 aromatic rings. The maximum atomic E-state index is 5.94. The van der Waals surface area contributed by atoms with Gasteiger partial charge < -0.3 is 26.5 Å². The van der Waals surface area contributed by atoms with Crippen LogP contribution in [0.4, 0.5) is 0 Å². The van der Waals surface area contributed by atoms with Crippen molar-refractivity contribution in [2.75, 3.05) is 13.1 Å². The van der Waals surface area contributed by atoms with Crippen molar-refractivity contribution in [2.24, 2.45) is 0 Å². The van der Waals surface area contributed by atoms with Crippen molar-refractivity contribution >= 4 is 0 Å². The van der Waals surface area contributed by atoms with Crippen LogP contribution in [-0.2, 0) is 110 Å². The Morgan fingerprint density at radius 1 is 0.247 bits per heavy atom. The molecule has 0 amide bonds. The molecule has 0 fully saturated rings. The van der Waals surface area contributed by atoms with Gasteiger partial charge in [-0.15, -0.1) is 0 Å². The largest absolute Gasteiger partial charge is 0.445 e. The first-order chi connectivity index (χ1) is 38.6. The highest BCUT2D eigenvalue weighted by molar-refractivity contribution is 5.22. The summed E-state index contributed by atoms with van der Waals surface area (Å²) in [6.07, 6.45) is 18.2. The fourth-order valence-corrected chi connectivity index (χ4v) is 10.5. The molecular weight excluding hydrogens is 1060 g/mol. The number of aromatic nitrogens is 6. The third kappa shape index (κ3) is 18.6. The molecule has 0 spiro atoms. The lowest BCUT2D eigenvalue weighted by Gasteiger charge is -2.37. The van der Waals surface area contributed by atoms with Crippen LogP contribution in [0.5, 0.6) is 0 Å². The zero-order chi connectivity index (χ0) is 62.2. The molecule has 85 heavy (non-hydrogen) atoms. The molecule has 0 aromatic carbocycles. The van der Waals surface area contributed by atoms with Gasteiger partial charge in [-0.1, -0.05) is 132 Å². The Kier molecular flexibility index (Phi) is 21.6. The quantitative estimate of drug-likeness (QED) is 0.141. The minimum absolute atomic E-state index is 0. The molecular formula is C71H116N8O6. The Balaban J connectivity index is 0.000000164. The van der Waals surface area contributed by atoms with Crippen LogP contribution in [0.25, 0.3) is 0 Å². The average molecular weight is 1180 g/mol. The highest BCUT2D eigenvalue weighted by Crippen LogP contribution is 2.35. The second kappa shape index (κ2) is 26.5. The van der Waals surface area contributed by atoms with E-state index in [0.717, 1.165) is 172 Å². The summed E-state index contributed by atoms with van der Waals surface area (Å²) in [4.78, 5) is 32.3. The first-order valence-electron chi connectivity index (χ1n) is 32.1. The highest BCUT2D eigenvalue weighted by Gasteiger charge is 2.34. The summed E-state index contributed by atoms with van der Waals surface area (Å²) in [6.45, 7) is 56.0. The summed E-state index contributed by atoms with van der Waals surface area (Å²) >= 11 is 0. The zero-order valence-electron chi connectivity index (χ0n) is 57.2. The normalized spacial score (nSPS) is 17.2. The van der Waals surface area contributed by atoms with Crippen LogP contribution in [-0.4, -0.2) is 63.9 Å². The molecule has 0 bridgehead atoms. The van der Waals surface area contributed by atoms with Crippen molar-refractivity contribution in [3.8, 4) is 0 Å². The molecule has 0 unspecified atom stereocenters. The van der Waals surface area contributed by atoms with Gasteiger partial charge in [0.15, 0.2) is 35.3 Å². The van der Waals surface area contributed by atoms with E-state index in [-0.39, 0.29) is 51.0 Å². The lowest BCUT2D eigenvalue weighted by Crippen LogP contribution is -2.44. The molecule has 6 aliphatic rings. The maximum Gasteiger partial charge on any atom is 0.200 e. The molecule has 0 saturated heterocycles. The Labute approximate surface area is 514 Å². The van der Waals surface area contributed by atoms with E-state index >= 15 is 0 Å². The van der Waals surface area contributed by atoms with Gasteiger partial charge in [0.05, 0.1) is 40.7 Å². The standard InChI is InChI=1S/2C14H24N2O.2C11H17NO.2C10H15NO.CH4/c1-13(2,3)12-15-10-9-16(14(4,5)6)8-7-11(10)17-12;1-13(2,3)12-15-10-7-8-16(14(4,5)6)9-11(10)17-12;2*1-11(2,3)10-12-8-6-4-5-7-9(8)13-10;2*1-10(2,3)9-11-7-5-4-6-8(7)12-9;/h2*7-9H2,1-6H3;2*4-7H2,1-3H3;2*4-6H2,1-3H3;1H4. The van der Waals surface area contributed by atoms with Crippen LogP contribution in [0.3, 0.4) is 0 Å². The van der Waals surface area contributed by atoms with Crippen LogP contribution in [0.2, 0.25) is 0 Å². The van der Waals surface area contributed by atoms with Gasteiger partial charge in [-0.05, 0) is 106 Å². The molecule has 0 radical (unpaired) electrons. The van der Waals surface area contributed by atoms with Crippen LogP contribution in [0.15, 0.2) is 26.5 Å². The van der Waals surface area contributed by atoms with Gasteiger partial charge in [-0.2, -0.15) is 0 Å².